The second-order valence-electron chi connectivity index (χ2n) is 6.48. The van der Waals surface area contributed by atoms with Gasteiger partial charge in [-0.3, -0.25) is 14.7 Å². The van der Waals surface area contributed by atoms with Gasteiger partial charge in [-0.2, -0.15) is 5.10 Å². The molecule has 3 rings (SSSR count). The Kier molecular flexibility index (Phi) is 5.63. The van der Waals surface area contributed by atoms with Crippen LogP contribution >= 0.6 is 0 Å². The summed E-state index contributed by atoms with van der Waals surface area (Å²) in [6.45, 7) is 2.95. The molecule has 1 fully saturated rings. The minimum atomic E-state index is -0.531. The summed E-state index contributed by atoms with van der Waals surface area (Å²) in [5.74, 6) is -0.531. The second-order valence-corrected chi connectivity index (χ2v) is 6.48. The van der Waals surface area contributed by atoms with Gasteiger partial charge in [0.15, 0.2) is 0 Å². The third-order valence-corrected chi connectivity index (χ3v) is 4.60. The van der Waals surface area contributed by atoms with Crippen molar-refractivity contribution < 1.29 is 10.0 Å². The molecule has 0 bridgehead atoms. The molecule has 0 saturated carbocycles. The van der Waals surface area contributed by atoms with Crippen LogP contribution in [0.15, 0.2) is 42.6 Å². The van der Waals surface area contributed by atoms with Gasteiger partial charge in [-0.1, -0.05) is 24.3 Å². The third-order valence-electron chi connectivity index (χ3n) is 4.60. The molecule has 1 saturated heterocycles. The van der Waals surface area contributed by atoms with E-state index in [1.807, 2.05) is 36.0 Å². The molecule has 0 aliphatic carbocycles. The molecule has 0 spiro atoms. The number of hydrogen-bond donors (Lipinski definition) is 3. The Bertz CT molecular complexity index is 736. The van der Waals surface area contributed by atoms with Gasteiger partial charge in [-0.25, -0.2) is 5.48 Å². The molecule has 3 N–H and O–H groups in total. The maximum absolute atomic E-state index is 11.0. The molecule has 2 atom stereocenters. The maximum atomic E-state index is 11.0. The lowest BCUT2D eigenvalue weighted by molar-refractivity contribution is -0.124. The fourth-order valence-electron chi connectivity index (χ4n) is 3.23. The largest absolute Gasteiger partial charge is 0.307 e. The minimum absolute atomic E-state index is 0.378. The number of aryl methyl sites for hydroxylation is 2. The quantitative estimate of drug-likeness (QED) is 0.429. The number of benzene rings is 1. The Hall–Kier alpha value is -2.44. The number of carbonyl (C=O) groups is 1. The lowest BCUT2D eigenvalue weighted by Gasteiger charge is -2.15. The highest BCUT2D eigenvalue weighted by Gasteiger charge is 2.24. The van der Waals surface area contributed by atoms with E-state index in [1.54, 1.807) is 11.6 Å². The summed E-state index contributed by atoms with van der Waals surface area (Å²) < 4.78 is 2.01. The number of amides is 1. The third kappa shape index (κ3) is 4.78. The van der Waals surface area contributed by atoms with Crippen molar-refractivity contribution >= 4 is 12.0 Å². The Morgan fingerprint density at radius 3 is 2.84 bits per heavy atom. The lowest BCUT2D eigenvalue weighted by atomic mass is 10.0. The van der Waals surface area contributed by atoms with Crippen LogP contribution in [0.25, 0.3) is 6.08 Å². The number of carbonyl (C=O) groups excluding carboxylic acids is 1. The molecule has 0 radical (unpaired) electrons. The van der Waals surface area contributed by atoms with Crippen molar-refractivity contribution in [1.29, 1.82) is 0 Å². The van der Waals surface area contributed by atoms with Gasteiger partial charge in [0, 0.05) is 30.9 Å². The molecule has 1 aliphatic rings. The minimum Gasteiger partial charge on any atom is -0.307 e. The van der Waals surface area contributed by atoms with Gasteiger partial charge in [0.05, 0.1) is 5.69 Å². The van der Waals surface area contributed by atoms with Crippen molar-refractivity contribution in [3.63, 3.8) is 0 Å². The average Bonchev–Trinajstić information content (AvgIpc) is 3.27. The van der Waals surface area contributed by atoms with E-state index in [4.69, 9.17) is 5.21 Å². The maximum Gasteiger partial charge on any atom is 0.267 e. The molecule has 2 unspecified atom stereocenters. The molecule has 1 aliphatic heterocycles. The van der Waals surface area contributed by atoms with Crippen LogP contribution in [0.4, 0.5) is 0 Å². The molecule has 1 aromatic heterocycles. The first-order valence-corrected chi connectivity index (χ1v) is 8.62. The van der Waals surface area contributed by atoms with Crippen molar-refractivity contribution in [1.82, 2.24) is 20.6 Å². The van der Waals surface area contributed by atoms with Crippen LogP contribution in [0.3, 0.4) is 0 Å². The van der Waals surface area contributed by atoms with E-state index in [-0.39, 0.29) is 0 Å². The summed E-state index contributed by atoms with van der Waals surface area (Å²) in [4.78, 5) is 11.0. The molecule has 1 aromatic carbocycles. The number of hydrogen-bond acceptors (Lipinski definition) is 4. The summed E-state index contributed by atoms with van der Waals surface area (Å²) in [6, 6.07) is 11.1. The zero-order valence-electron chi connectivity index (χ0n) is 14.4. The van der Waals surface area contributed by atoms with E-state index in [0.717, 1.165) is 30.6 Å². The van der Waals surface area contributed by atoms with E-state index in [0.29, 0.717) is 12.1 Å². The predicted octanol–water partition coefficient (Wildman–Crippen LogP) is 2.59. The Labute approximate surface area is 147 Å². The molecule has 2 aromatic rings. The number of aromatic nitrogens is 2. The molecular weight excluding hydrogens is 316 g/mol. The van der Waals surface area contributed by atoms with E-state index in [1.165, 1.54) is 18.1 Å². The highest BCUT2D eigenvalue weighted by Crippen LogP contribution is 2.28. The molecule has 132 valence electrons. The molecule has 2 heterocycles. The summed E-state index contributed by atoms with van der Waals surface area (Å²) in [5, 5.41) is 16.6. The van der Waals surface area contributed by atoms with E-state index >= 15 is 0 Å². The van der Waals surface area contributed by atoms with Crippen LogP contribution in [0.5, 0.6) is 0 Å². The van der Waals surface area contributed by atoms with E-state index in [2.05, 4.69) is 22.5 Å². The second kappa shape index (κ2) is 8.09. The van der Waals surface area contributed by atoms with Gasteiger partial charge in [-0.15, -0.1) is 0 Å². The van der Waals surface area contributed by atoms with Crippen molar-refractivity contribution in [2.45, 2.75) is 44.8 Å². The van der Waals surface area contributed by atoms with Gasteiger partial charge >= 0.3 is 0 Å². The highest BCUT2D eigenvalue weighted by atomic mass is 16.5. The summed E-state index contributed by atoms with van der Waals surface area (Å²) in [5.41, 5.74) is 4.83. The normalized spacial score (nSPS) is 20.2. The standard InChI is InChI=1S/C19H24N4O2/c1-14-10-12-23(21-14)13-11-17-7-8-18(20-17)16-5-2-15(3-6-16)4-9-19(24)22-25/h2-6,9-10,12,17-18,20,25H,7-8,11,13H2,1H3,(H,22,24)/b9-4+. The SMILES string of the molecule is Cc1ccn(CCC2CCC(c3ccc(/C=C/C(=O)NO)cc3)N2)n1. The van der Waals surface area contributed by atoms with Crippen LogP contribution in [-0.4, -0.2) is 26.9 Å². The van der Waals surface area contributed by atoms with Crippen molar-refractivity contribution in [3.8, 4) is 0 Å². The zero-order valence-corrected chi connectivity index (χ0v) is 14.4. The fraction of sp³-hybridized carbons (Fsp3) is 0.368. The van der Waals surface area contributed by atoms with Crippen LogP contribution in [0, 0.1) is 6.92 Å². The fourth-order valence-corrected chi connectivity index (χ4v) is 3.23. The molecule has 25 heavy (non-hydrogen) atoms. The van der Waals surface area contributed by atoms with Gasteiger partial charge in [0.1, 0.15) is 0 Å². The topological polar surface area (TPSA) is 79.2 Å². The Balaban J connectivity index is 1.51. The molecule has 6 heteroatoms. The monoisotopic (exact) mass is 340 g/mol. The van der Waals surface area contributed by atoms with Gasteiger partial charge < -0.3 is 5.32 Å². The summed E-state index contributed by atoms with van der Waals surface area (Å²) in [6.07, 6.45) is 8.38. The number of hydroxylamine groups is 1. The number of rotatable bonds is 6. The van der Waals surface area contributed by atoms with Gasteiger partial charge in [0.25, 0.3) is 5.91 Å². The lowest BCUT2D eigenvalue weighted by Crippen LogP contribution is -2.25. The Morgan fingerprint density at radius 1 is 1.36 bits per heavy atom. The smallest absolute Gasteiger partial charge is 0.267 e. The Morgan fingerprint density at radius 2 is 2.16 bits per heavy atom. The molecule has 1 amide bonds. The van der Waals surface area contributed by atoms with Crippen LogP contribution in [-0.2, 0) is 11.3 Å². The van der Waals surface area contributed by atoms with Gasteiger partial charge in [0.2, 0.25) is 0 Å². The van der Waals surface area contributed by atoms with Crippen molar-refractivity contribution in [2.24, 2.45) is 0 Å². The van der Waals surface area contributed by atoms with Crippen molar-refractivity contribution in [2.75, 3.05) is 0 Å². The van der Waals surface area contributed by atoms with Crippen LogP contribution < -0.4 is 10.8 Å². The molecular formula is C19H24N4O2. The van der Waals surface area contributed by atoms with Crippen LogP contribution in [0.2, 0.25) is 0 Å². The van der Waals surface area contributed by atoms with Crippen molar-refractivity contribution in [3.05, 3.63) is 59.4 Å². The van der Waals surface area contributed by atoms with Crippen LogP contribution in [0.1, 0.15) is 42.1 Å². The van der Waals surface area contributed by atoms with E-state index < -0.39 is 5.91 Å². The number of nitrogens with zero attached hydrogens (tertiary/aromatic N) is 2. The average molecular weight is 340 g/mol. The van der Waals surface area contributed by atoms with E-state index in [9.17, 15) is 4.79 Å². The summed E-state index contributed by atoms with van der Waals surface area (Å²) >= 11 is 0. The highest BCUT2D eigenvalue weighted by molar-refractivity contribution is 5.90. The predicted molar refractivity (Wildman–Crippen MR) is 95.9 cm³/mol. The molecule has 6 nitrogen and oxygen atoms in total. The first kappa shape index (κ1) is 17.4. The first-order valence-electron chi connectivity index (χ1n) is 8.62. The zero-order chi connectivity index (χ0) is 17.6. The van der Waals surface area contributed by atoms with Gasteiger partial charge in [-0.05, 0) is 49.5 Å². The first-order chi connectivity index (χ1) is 12.1. The number of nitrogens with one attached hydrogen (secondary N) is 2. The summed E-state index contributed by atoms with van der Waals surface area (Å²) in [7, 11) is 0.